The summed E-state index contributed by atoms with van der Waals surface area (Å²) < 4.78 is 4.97. The first-order valence-corrected chi connectivity index (χ1v) is 11.2. The molecule has 1 N–H and O–H groups in total. The van der Waals surface area contributed by atoms with Gasteiger partial charge in [-0.2, -0.15) is 0 Å². The first-order valence-electron chi connectivity index (χ1n) is 10.2. The molecule has 3 rings (SSSR count). The second kappa shape index (κ2) is 11.4. The van der Waals surface area contributed by atoms with Gasteiger partial charge in [0.05, 0.1) is 23.6 Å². The summed E-state index contributed by atoms with van der Waals surface area (Å²) in [6.45, 7) is 4.03. The van der Waals surface area contributed by atoms with Crippen molar-refractivity contribution in [3.8, 4) is 0 Å². The minimum absolute atomic E-state index is 0.110. The number of esters is 1. The number of piperidine rings is 1. The number of thioether (sulfide) groups is 1. The van der Waals surface area contributed by atoms with E-state index in [2.05, 4.69) is 10.2 Å². The molecule has 1 amide bonds. The van der Waals surface area contributed by atoms with Crippen molar-refractivity contribution >= 4 is 40.2 Å². The summed E-state index contributed by atoms with van der Waals surface area (Å²) in [5, 5.41) is 3.76. The van der Waals surface area contributed by atoms with Gasteiger partial charge in [-0.3, -0.25) is 4.79 Å². The van der Waals surface area contributed by atoms with E-state index in [1.54, 1.807) is 31.2 Å². The van der Waals surface area contributed by atoms with Gasteiger partial charge in [0.1, 0.15) is 0 Å². The lowest BCUT2D eigenvalue weighted by atomic mass is 10.1. The monoisotopic (exact) mass is 425 g/mol. The average molecular weight is 426 g/mol. The highest BCUT2D eigenvalue weighted by Gasteiger charge is 2.17. The number of amidine groups is 1. The summed E-state index contributed by atoms with van der Waals surface area (Å²) in [6, 6.07) is 16.5. The van der Waals surface area contributed by atoms with Crippen LogP contribution in [-0.2, 0) is 9.53 Å². The summed E-state index contributed by atoms with van der Waals surface area (Å²) in [5.41, 5.74) is 2.00. The van der Waals surface area contributed by atoms with Gasteiger partial charge >= 0.3 is 5.97 Å². The van der Waals surface area contributed by atoms with E-state index in [4.69, 9.17) is 9.73 Å². The number of carbonyl (C=O) groups is 2. The number of ether oxygens (including phenoxy) is 1. The normalized spacial score (nSPS) is 14.3. The summed E-state index contributed by atoms with van der Waals surface area (Å²) >= 11 is 1.45. The summed E-state index contributed by atoms with van der Waals surface area (Å²) in [5.74, 6) is -0.210. The van der Waals surface area contributed by atoms with Crippen molar-refractivity contribution in [2.45, 2.75) is 26.2 Å². The van der Waals surface area contributed by atoms with Crippen molar-refractivity contribution in [3.05, 3.63) is 60.2 Å². The van der Waals surface area contributed by atoms with Crippen molar-refractivity contribution < 1.29 is 14.3 Å². The first kappa shape index (κ1) is 21.9. The number of benzene rings is 2. The van der Waals surface area contributed by atoms with Crippen molar-refractivity contribution in [3.63, 3.8) is 0 Å². The van der Waals surface area contributed by atoms with Gasteiger partial charge in [0.2, 0.25) is 5.91 Å². The van der Waals surface area contributed by atoms with E-state index in [1.165, 1.54) is 18.2 Å². The minimum Gasteiger partial charge on any atom is -0.462 e. The number of rotatable bonds is 6. The van der Waals surface area contributed by atoms with E-state index in [9.17, 15) is 9.59 Å². The number of anilines is 1. The van der Waals surface area contributed by atoms with E-state index in [-0.39, 0.29) is 17.6 Å². The standard InChI is InChI=1S/C23H27N3O3S/c1-2-29-22(28)18-11-13-20(14-12-18)24-21(27)17-30-23(26-15-7-4-8-16-26)25-19-9-5-3-6-10-19/h3,5-6,9-14H,2,4,7-8,15-17H2,1H3,(H,24,27). The fourth-order valence-corrected chi connectivity index (χ4v) is 3.99. The van der Waals surface area contributed by atoms with Crippen molar-refractivity contribution in [2.75, 3.05) is 30.8 Å². The van der Waals surface area contributed by atoms with Crippen molar-refractivity contribution in [2.24, 2.45) is 4.99 Å². The van der Waals surface area contributed by atoms with Gasteiger partial charge in [0, 0.05) is 18.8 Å². The molecule has 0 bridgehead atoms. The Balaban J connectivity index is 1.60. The minimum atomic E-state index is -0.366. The summed E-state index contributed by atoms with van der Waals surface area (Å²) in [4.78, 5) is 31.3. The van der Waals surface area contributed by atoms with Gasteiger partial charge in [-0.25, -0.2) is 9.79 Å². The third-order valence-corrected chi connectivity index (χ3v) is 5.63. The molecular formula is C23H27N3O3S. The molecule has 2 aromatic rings. The second-order valence-corrected chi connectivity index (χ2v) is 7.85. The van der Waals surface area contributed by atoms with Gasteiger partial charge in [0.25, 0.3) is 0 Å². The smallest absolute Gasteiger partial charge is 0.338 e. The quantitative estimate of drug-likeness (QED) is 0.412. The zero-order chi connectivity index (χ0) is 21.2. The highest BCUT2D eigenvalue weighted by Crippen LogP contribution is 2.21. The molecule has 0 atom stereocenters. The molecule has 1 fully saturated rings. The van der Waals surface area contributed by atoms with Crippen LogP contribution in [0.25, 0.3) is 0 Å². The van der Waals surface area contributed by atoms with Gasteiger partial charge in [-0.05, 0) is 62.6 Å². The predicted molar refractivity (Wildman–Crippen MR) is 122 cm³/mol. The fourth-order valence-electron chi connectivity index (χ4n) is 3.12. The van der Waals surface area contributed by atoms with Crippen LogP contribution in [0.1, 0.15) is 36.5 Å². The maximum Gasteiger partial charge on any atom is 0.338 e. The third-order valence-electron chi connectivity index (χ3n) is 4.62. The molecule has 0 unspecified atom stereocenters. The number of nitrogens with zero attached hydrogens (tertiary/aromatic N) is 2. The van der Waals surface area contributed by atoms with E-state index < -0.39 is 0 Å². The molecule has 0 spiro atoms. The number of para-hydroxylation sites is 1. The molecule has 1 aliphatic heterocycles. The second-order valence-electron chi connectivity index (χ2n) is 6.91. The highest BCUT2D eigenvalue weighted by atomic mass is 32.2. The summed E-state index contributed by atoms with van der Waals surface area (Å²) in [7, 11) is 0. The van der Waals surface area contributed by atoms with Crippen LogP contribution in [0.15, 0.2) is 59.6 Å². The van der Waals surface area contributed by atoms with E-state index in [1.807, 2.05) is 30.3 Å². The molecule has 2 aromatic carbocycles. The SMILES string of the molecule is CCOC(=O)c1ccc(NC(=O)CSC(=Nc2ccccc2)N2CCCCC2)cc1. The van der Waals surface area contributed by atoms with Crippen LogP contribution in [0.5, 0.6) is 0 Å². The molecule has 0 radical (unpaired) electrons. The number of hydrogen-bond acceptors (Lipinski definition) is 5. The lowest BCUT2D eigenvalue weighted by Crippen LogP contribution is -2.34. The molecule has 7 heteroatoms. The Hall–Kier alpha value is -2.80. The fraction of sp³-hybridized carbons (Fsp3) is 0.348. The maximum atomic E-state index is 12.5. The van der Waals surface area contributed by atoms with Crippen LogP contribution in [-0.4, -0.2) is 47.4 Å². The molecule has 0 saturated carbocycles. The number of carbonyl (C=O) groups excluding carboxylic acids is 2. The largest absolute Gasteiger partial charge is 0.462 e. The number of likely N-dealkylation sites (tertiary alicyclic amines) is 1. The lowest BCUT2D eigenvalue weighted by Gasteiger charge is -2.29. The zero-order valence-corrected chi connectivity index (χ0v) is 18.0. The van der Waals surface area contributed by atoms with Crippen LogP contribution in [0, 0.1) is 0 Å². The van der Waals surface area contributed by atoms with Crippen LogP contribution in [0.2, 0.25) is 0 Å². The Morgan fingerprint density at radius 1 is 1.03 bits per heavy atom. The van der Waals surface area contributed by atoms with Crippen molar-refractivity contribution in [1.29, 1.82) is 0 Å². The van der Waals surface area contributed by atoms with Crippen LogP contribution in [0.4, 0.5) is 11.4 Å². The number of hydrogen-bond donors (Lipinski definition) is 1. The summed E-state index contributed by atoms with van der Waals surface area (Å²) in [6.07, 6.45) is 3.53. The van der Waals surface area contributed by atoms with Crippen molar-refractivity contribution in [1.82, 2.24) is 4.90 Å². The Morgan fingerprint density at radius 3 is 2.40 bits per heavy atom. The van der Waals surface area contributed by atoms with Gasteiger partial charge in [-0.1, -0.05) is 30.0 Å². The van der Waals surface area contributed by atoms with Gasteiger partial charge < -0.3 is 15.0 Å². The van der Waals surface area contributed by atoms with Crippen LogP contribution >= 0.6 is 11.8 Å². The average Bonchev–Trinajstić information content (AvgIpc) is 2.78. The Bertz CT molecular complexity index is 863. The molecule has 30 heavy (non-hydrogen) atoms. The molecule has 0 aliphatic carbocycles. The molecule has 1 saturated heterocycles. The highest BCUT2D eigenvalue weighted by molar-refractivity contribution is 8.14. The Kier molecular flexibility index (Phi) is 8.32. The molecule has 158 valence electrons. The van der Waals surface area contributed by atoms with E-state index in [0.29, 0.717) is 17.9 Å². The van der Waals surface area contributed by atoms with E-state index in [0.717, 1.165) is 36.8 Å². The predicted octanol–water partition coefficient (Wildman–Crippen LogP) is 4.71. The van der Waals surface area contributed by atoms with Gasteiger partial charge in [-0.15, -0.1) is 0 Å². The number of amides is 1. The molecule has 1 heterocycles. The van der Waals surface area contributed by atoms with Crippen LogP contribution < -0.4 is 5.32 Å². The van der Waals surface area contributed by atoms with E-state index >= 15 is 0 Å². The molecule has 0 aromatic heterocycles. The van der Waals surface area contributed by atoms with Gasteiger partial charge in [0.15, 0.2) is 5.17 Å². The first-order chi connectivity index (χ1) is 14.7. The Morgan fingerprint density at radius 2 is 1.73 bits per heavy atom. The number of aliphatic imine (C=N–C) groups is 1. The lowest BCUT2D eigenvalue weighted by molar-refractivity contribution is -0.113. The number of nitrogens with one attached hydrogen (secondary N) is 1. The molecule has 6 nitrogen and oxygen atoms in total. The topological polar surface area (TPSA) is 71.0 Å². The zero-order valence-electron chi connectivity index (χ0n) is 17.2. The molecule has 1 aliphatic rings. The molecular weight excluding hydrogens is 398 g/mol. The van der Waals surface area contributed by atoms with Crippen LogP contribution in [0.3, 0.4) is 0 Å². The Labute approximate surface area is 181 Å². The maximum absolute atomic E-state index is 12.5. The third kappa shape index (κ3) is 6.62.